The van der Waals surface area contributed by atoms with Crippen LogP contribution in [0.1, 0.15) is 24.3 Å². The first-order valence-electron chi connectivity index (χ1n) is 8.62. The monoisotopic (exact) mass is 386 g/mol. The Balaban J connectivity index is 1.56. The number of aryl methyl sites for hydroxylation is 3. The molecule has 2 heterocycles. The molecule has 5 nitrogen and oxygen atoms in total. The number of anilines is 1. The number of nitrogens with zero attached hydrogens (tertiary/aromatic N) is 3. The number of rotatable bonds is 8. The maximum atomic E-state index is 12.5. The van der Waals surface area contributed by atoms with Crippen molar-refractivity contribution in [2.24, 2.45) is 0 Å². The fraction of sp³-hybridized carbons (Fsp3) is 0.316. The van der Waals surface area contributed by atoms with E-state index in [0.717, 1.165) is 30.2 Å². The molecule has 0 saturated carbocycles. The van der Waals surface area contributed by atoms with Gasteiger partial charge in [0.15, 0.2) is 5.16 Å². The molecule has 2 aromatic heterocycles. The first kappa shape index (κ1) is 18.7. The SMILES string of the molecule is CCc1ccc(NC(=O)[C@@H](C)Sc2nncn2CCc2cccs2)cc1. The van der Waals surface area contributed by atoms with Crippen molar-refractivity contribution in [3.05, 3.63) is 58.5 Å². The van der Waals surface area contributed by atoms with Gasteiger partial charge in [0.05, 0.1) is 5.25 Å². The second kappa shape index (κ2) is 9.00. The predicted octanol–water partition coefficient (Wildman–Crippen LogP) is 4.26. The highest BCUT2D eigenvalue weighted by atomic mass is 32.2. The summed E-state index contributed by atoms with van der Waals surface area (Å²) in [6.07, 6.45) is 3.65. The maximum absolute atomic E-state index is 12.5. The first-order valence-corrected chi connectivity index (χ1v) is 10.4. The van der Waals surface area contributed by atoms with E-state index in [-0.39, 0.29) is 11.2 Å². The number of carbonyl (C=O) groups is 1. The molecule has 0 aliphatic rings. The number of benzene rings is 1. The quantitative estimate of drug-likeness (QED) is 0.588. The zero-order chi connectivity index (χ0) is 18.4. The highest BCUT2D eigenvalue weighted by Crippen LogP contribution is 2.23. The van der Waals surface area contributed by atoms with E-state index in [4.69, 9.17) is 0 Å². The van der Waals surface area contributed by atoms with E-state index in [1.54, 1.807) is 17.7 Å². The fourth-order valence-electron chi connectivity index (χ4n) is 2.45. The van der Waals surface area contributed by atoms with Gasteiger partial charge in [0.25, 0.3) is 0 Å². The number of hydrogen-bond donors (Lipinski definition) is 1. The molecule has 0 aliphatic carbocycles. The molecule has 0 saturated heterocycles. The van der Waals surface area contributed by atoms with Gasteiger partial charge < -0.3 is 9.88 Å². The van der Waals surface area contributed by atoms with Crippen molar-refractivity contribution >= 4 is 34.7 Å². The van der Waals surface area contributed by atoms with Crippen molar-refractivity contribution in [3.63, 3.8) is 0 Å². The Labute approximate surface area is 161 Å². The Hall–Kier alpha value is -2.12. The van der Waals surface area contributed by atoms with Gasteiger partial charge in [-0.15, -0.1) is 21.5 Å². The molecule has 26 heavy (non-hydrogen) atoms. The molecule has 1 aromatic carbocycles. The lowest BCUT2D eigenvalue weighted by Gasteiger charge is -2.12. The summed E-state index contributed by atoms with van der Waals surface area (Å²) in [4.78, 5) is 13.8. The number of thioether (sulfide) groups is 1. The van der Waals surface area contributed by atoms with Crippen molar-refractivity contribution in [2.45, 2.75) is 43.6 Å². The largest absolute Gasteiger partial charge is 0.325 e. The predicted molar refractivity (Wildman–Crippen MR) is 108 cm³/mol. The zero-order valence-electron chi connectivity index (χ0n) is 14.9. The van der Waals surface area contributed by atoms with Gasteiger partial charge in [-0.25, -0.2) is 0 Å². The van der Waals surface area contributed by atoms with Crippen molar-refractivity contribution in [2.75, 3.05) is 5.32 Å². The molecule has 0 fully saturated rings. The lowest BCUT2D eigenvalue weighted by atomic mass is 10.1. The molecule has 0 aliphatic heterocycles. The molecule has 0 unspecified atom stereocenters. The lowest BCUT2D eigenvalue weighted by Crippen LogP contribution is -2.23. The highest BCUT2D eigenvalue weighted by Gasteiger charge is 2.18. The van der Waals surface area contributed by atoms with Crippen LogP contribution in [0.2, 0.25) is 0 Å². The van der Waals surface area contributed by atoms with Crippen LogP contribution in [0.3, 0.4) is 0 Å². The van der Waals surface area contributed by atoms with Gasteiger partial charge in [-0.1, -0.05) is 36.9 Å². The third kappa shape index (κ3) is 4.95. The van der Waals surface area contributed by atoms with Crippen LogP contribution in [-0.4, -0.2) is 25.9 Å². The maximum Gasteiger partial charge on any atom is 0.237 e. The number of hydrogen-bond acceptors (Lipinski definition) is 5. The first-order chi connectivity index (χ1) is 12.7. The van der Waals surface area contributed by atoms with Gasteiger partial charge in [-0.05, 0) is 48.9 Å². The molecule has 1 N–H and O–H groups in total. The Morgan fingerprint density at radius 2 is 2.12 bits per heavy atom. The van der Waals surface area contributed by atoms with Gasteiger partial charge in [-0.3, -0.25) is 4.79 Å². The molecule has 136 valence electrons. The zero-order valence-corrected chi connectivity index (χ0v) is 16.5. The second-order valence-corrected chi connectivity index (χ2v) is 8.28. The van der Waals surface area contributed by atoms with E-state index < -0.39 is 0 Å². The summed E-state index contributed by atoms with van der Waals surface area (Å²) in [6, 6.07) is 12.1. The van der Waals surface area contributed by atoms with Crippen LogP contribution in [0.5, 0.6) is 0 Å². The number of amides is 1. The van der Waals surface area contributed by atoms with E-state index in [1.165, 1.54) is 22.2 Å². The normalized spacial score (nSPS) is 12.1. The average molecular weight is 387 g/mol. The molecular formula is C19H22N4OS2. The second-order valence-electron chi connectivity index (χ2n) is 5.94. The molecule has 0 bridgehead atoms. The topological polar surface area (TPSA) is 59.8 Å². The van der Waals surface area contributed by atoms with Crippen molar-refractivity contribution in [1.29, 1.82) is 0 Å². The average Bonchev–Trinajstić information content (AvgIpc) is 3.32. The van der Waals surface area contributed by atoms with E-state index in [2.05, 4.69) is 40.0 Å². The van der Waals surface area contributed by atoms with Crippen LogP contribution in [-0.2, 0) is 24.2 Å². The Morgan fingerprint density at radius 3 is 2.81 bits per heavy atom. The van der Waals surface area contributed by atoms with Gasteiger partial charge in [0.1, 0.15) is 6.33 Å². The van der Waals surface area contributed by atoms with Gasteiger partial charge in [0, 0.05) is 17.1 Å². The van der Waals surface area contributed by atoms with E-state index in [0.29, 0.717) is 0 Å². The van der Waals surface area contributed by atoms with Crippen LogP contribution in [0.15, 0.2) is 53.3 Å². The Bertz CT molecular complexity index is 828. The Morgan fingerprint density at radius 1 is 1.31 bits per heavy atom. The number of nitrogens with one attached hydrogen (secondary N) is 1. The minimum Gasteiger partial charge on any atom is -0.325 e. The van der Waals surface area contributed by atoms with Crippen LogP contribution < -0.4 is 5.32 Å². The lowest BCUT2D eigenvalue weighted by molar-refractivity contribution is -0.115. The number of carbonyl (C=O) groups excluding carboxylic acids is 1. The molecule has 1 atom stereocenters. The number of thiophene rings is 1. The van der Waals surface area contributed by atoms with Crippen LogP contribution in [0, 0.1) is 0 Å². The summed E-state index contributed by atoms with van der Waals surface area (Å²) in [5.74, 6) is -0.0351. The third-order valence-corrected chi connectivity index (χ3v) is 6.07. The van der Waals surface area contributed by atoms with Crippen LogP contribution in [0.4, 0.5) is 5.69 Å². The summed E-state index contributed by atoms with van der Waals surface area (Å²) in [5, 5.41) is 13.7. The van der Waals surface area contributed by atoms with E-state index in [9.17, 15) is 4.79 Å². The smallest absolute Gasteiger partial charge is 0.237 e. The summed E-state index contributed by atoms with van der Waals surface area (Å²) in [6.45, 7) is 4.81. The standard InChI is InChI=1S/C19H22N4OS2/c1-3-15-6-8-16(9-7-15)21-18(24)14(2)26-19-22-20-13-23(19)11-10-17-5-4-12-25-17/h4-9,12-14H,3,10-11H2,1-2H3,(H,21,24)/t14-/m1/s1. The van der Waals surface area contributed by atoms with Crippen molar-refractivity contribution in [1.82, 2.24) is 14.8 Å². The minimum atomic E-state index is -0.259. The highest BCUT2D eigenvalue weighted by molar-refractivity contribution is 8.00. The molecule has 0 spiro atoms. The van der Waals surface area contributed by atoms with E-state index >= 15 is 0 Å². The van der Waals surface area contributed by atoms with Gasteiger partial charge in [-0.2, -0.15) is 0 Å². The summed E-state index contributed by atoms with van der Waals surface area (Å²) < 4.78 is 2.00. The molecule has 0 radical (unpaired) electrons. The summed E-state index contributed by atoms with van der Waals surface area (Å²) in [7, 11) is 0. The molecule has 7 heteroatoms. The number of aromatic nitrogens is 3. The van der Waals surface area contributed by atoms with Gasteiger partial charge in [0.2, 0.25) is 5.91 Å². The summed E-state index contributed by atoms with van der Waals surface area (Å²) in [5.41, 5.74) is 2.07. The summed E-state index contributed by atoms with van der Waals surface area (Å²) >= 11 is 3.18. The van der Waals surface area contributed by atoms with E-state index in [1.807, 2.05) is 35.8 Å². The minimum absolute atomic E-state index is 0.0351. The third-order valence-electron chi connectivity index (χ3n) is 4.04. The fourth-order valence-corrected chi connectivity index (χ4v) is 4.00. The molecule has 3 aromatic rings. The molecular weight excluding hydrogens is 364 g/mol. The molecule has 3 rings (SSSR count). The van der Waals surface area contributed by atoms with Crippen molar-refractivity contribution < 1.29 is 4.79 Å². The van der Waals surface area contributed by atoms with Crippen molar-refractivity contribution in [3.8, 4) is 0 Å². The Kier molecular flexibility index (Phi) is 6.46. The van der Waals surface area contributed by atoms with Crippen LogP contribution in [0.25, 0.3) is 0 Å². The van der Waals surface area contributed by atoms with Gasteiger partial charge >= 0.3 is 0 Å². The van der Waals surface area contributed by atoms with Crippen LogP contribution >= 0.6 is 23.1 Å². The molecule has 1 amide bonds.